The summed E-state index contributed by atoms with van der Waals surface area (Å²) in [6.07, 6.45) is 10.2. The molecule has 3 nitrogen and oxygen atoms in total. The summed E-state index contributed by atoms with van der Waals surface area (Å²) in [7, 11) is 3.72. The quantitative estimate of drug-likeness (QED) is 0.502. The van der Waals surface area contributed by atoms with E-state index in [4.69, 9.17) is 0 Å². The molecule has 0 spiro atoms. The fraction of sp³-hybridized carbons (Fsp3) is 0.818. The van der Waals surface area contributed by atoms with Gasteiger partial charge in [0.25, 0.3) is 0 Å². The molecule has 0 atom stereocenters. The van der Waals surface area contributed by atoms with Crippen LogP contribution in [-0.2, 0) is 13.0 Å². The van der Waals surface area contributed by atoms with Crippen LogP contribution in [0.1, 0.15) is 38.3 Å². The molecule has 0 aliphatic heterocycles. The van der Waals surface area contributed by atoms with Crippen molar-refractivity contribution >= 4 is 21.6 Å². The van der Waals surface area contributed by atoms with Gasteiger partial charge in [0, 0.05) is 18.7 Å². The predicted octanol–water partition coefficient (Wildman–Crippen LogP) is 3.41. The minimum absolute atomic E-state index is 1.03. The molecule has 92 valence electrons. The summed E-state index contributed by atoms with van der Waals surface area (Å²) >= 11 is 0. The zero-order chi connectivity index (χ0) is 11.6. The Balaban J connectivity index is 2.26. The first kappa shape index (κ1) is 13.9. The molecule has 16 heavy (non-hydrogen) atoms. The lowest BCUT2D eigenvalue weighted by molar-refractivity contribution is 0.514. The van der Waals surface area contributed by atoms with Crippen LogP contribution in [0.3, 0.4) is 0 Å². The molecule has 0 fully saturated rings. The minimum atomic E-state index is 1.03. The van der Waals surface area contributed by atoms with Crippen LogP contribution in [0.25, 0.3) is 0 Å². The van der Waals surface area contributed by atoms with Gasteiger partial charge in [0.2, 0.25) is 0 Å². The third-order valence-corrected chi connectivity index (χ3v) is 4.29. The molecule has 0 saturated heterocycles. The average Bonchev–Trinajstić information content (AvgIpc) is 2.73. The van der Waals surface area contributed by atoms with Gasteiger partial charge in [-0.15, -0.1) is 5.10 Å². The number of unbranched alkanes of at least 4 members (excludes halogenated alkanes) is 3. The van der Waals surface area contributed by atoms with Crippen molar-refractivity contribution < 1.29 is 0 Å². The lowest BCUT2D eigenvalue weighted by Crippen LogP contribution is -2.06. The van der Waals surface area contributed by atoms with Gasteiger partial charge in [-0.3, -0.25) is 0 Å². The molecule has 0 aliphatic carbocycles. The maximum Gasteiger partial charge on any atom is 0.0725 e. The van der Waals surface area contributed by atoms with Crippen LogP contribution in [-0.4, -0.2) is 27.0 Å². The number of nitrogens with zero attached hydrogens (tertiary/aromatic N) is 3. The molecule has 0 amide bonds. The summed E-state index contributed by atoms with van der Waals surface area (Å²) in [5.41, 5.74) is 1.28. The maximum atomic E-state index is 4.14. The zero-order valence-corrected chi connectivity index (χ0v) is 11.8. The summed E-state index contributed by atoms with van der Waals surface area (Å²) in [5, 5.41) is 8.14. The van der Waals surface area contributed by atoms with Gasteiger partial charge in [-0.1, -0.05) is 53.0 Å². The number of hydrogen-bond acceptors (Lipinski definition) is 4. The van der Waals surface area contributed by atoms with E-state index in [0.717, 1.165) is 18.7 Å². The van der Waals surface area contributed by atoms with E-state index in [-0.39, 0.29) is 0 Å². The number of aryl methyl sites for hydroxylation is 2. The SMILES string of the molecule is CCCCCCn1nncc1CCSSC. The summed E-state index contributed by atoms with van der Waals surface area (Å²) in [6, 6.07) is 0. The molecule has 0 saturated carbocycles. The van der Waals surface area contributed by atoms with E-state index >= 15 is 0 Å². The monoisotopic (exact) mass is 259 g/mol. The van der Waals surface area contributed by atoms with Crippen molar-refractivity contribution in [1.29, 1.82) is 0 Å². The van der Waals surface area contributed by atoms with Gasteiger partial charge < -0.3 is 0 Å². The lowest BCUT2D eigenvalue weighted by Gasteiger charge is -2.05. The first-order valence-electron chi connectivity index (χ1n) is 5.91. The molecule has 1 aromatic heterocycles. The summed E-state index contributed by atoms with van der Waals surface area (Å²) in [4.78, 5) is 0. The second kappa shape index (κ2) is 8.93. The Morgan fingerprint density at radius 3 is 2.94 bits per heavy atom. The van der Waals surface area contributed by atoms with Crippen molar-refractivity contribution in [3.8, 4) is 0 Å². The van der Waals surface area contributed by atoms with Crippen LogP contribution in [0.4, 0.5) is 0 Å². The van der Waals surface area contributed by atoms with Gasteiger partial charge >= 0.3 is 0 Å². The largest absolute Gasteiger partial charge is 0.249 e. The Kier molecular flexibility index (Phi) is 7.76. The highest BCUT2D eigenvalue weighted by Gasteiger charge is 2.03. The Morgan fingerprint density at radius 2 is 2.19 bits per heavy atom. The Hall–Kier alpha value is -0.160. The first-order chi connectivity index (χ1) is 7.88. The highest BCUT2D eigenvalue weighted by Crippen LogP contribution is 2.18. The van der Waals surface area contributed by atoms with Gasteiger partial charge in [-0.2, -0.15) is 0 Å². The van der Waals surface area contributed by atoms with E-state index in [9.17, 15) is 0 Å². The molecule has 0 radical (unpaired) electrons. The third kappa shape index (κ3) is 5.25. The molecule has 1 aromatic rings. The van der Waals surface area contributed by atoms with Crippen molar-refractivity contribution in [3.63, 3.8) is 0 Å². The van der Waals surface area contributed by atoms with E-state index in [2.05, 4.69) is 28.2 Å². The average molecular weight is 259 g/mol. The van der Waals surface area contributed by atoms with Crippen LogP contribution in [0.5, 0.6) is 0 Å². The Labute approximate surface area is 106 Å². The molecule has 0 bridgehead atoms. The smallest absolute Gasteiger partial charge is 0.0725 e. The van der Waals surface area contributed by atoms with E-state index < -0.39 is 0 Å². The molecule has 0 N–H and O–H groups in total. The number of aromatic nitrogens is 3. The highest BCUT2D eigenvalue weighted by atomic mass is 33.1. The normalized spacial score (nSPS) is 10.9. The third-order valence-electron chi connectivity index (χ3n) is 2.48. The topological polar surface area (TPSA) is 30.7 Å². The van der Waals surface area contributed by atoms with Gasteiger partial charge in [-0.25, -0.2) is 4.68 Å². The van der Waals surface area contributed by atoms with Crippen LogP contribution in [0, 0.1) is 0 Å². The summed E-state index contributed by atoms with van der Waals surface area (Å²) < 4.78 is 2.07. The summed E-state index contributed by atoms with van der Waals surface area (Å²) in [6.45, 7) is 3.26. The lowest BCUT2D eigenvalue weighted by atomic mass is 10.2. The van der Waals surface area contributed by atoms with Gasteiger partial charge in [-0.05, 0) is 12.7 Å². The van der Waals surface area contributed by atoms with Crippen LogP contribution in [0.2, 0.25) is 0 Å². The fourth-order valence-electron chi connectivity index (χ4n) is 1.58. The minimum Gasteiger partial charge on any atom is -0.249 e. The van der Waals surface area contributed by atoms with E-state index in [1.165, 1.54) is 31.4 Å². The van der Waals surface area contributed by atoms with Crippen molar-refractivity contribution in [2.75, 3.05) is 12.0 Å². The molecule has 1 rings (SSSR count). The highest BCUT2D eigenvalue weighted by molar-refractivity contribution is 8.76. The predicted molar refractivity (Wildman–Crippen MR) is 73.8 cm³/mol. The van der Waals surface area contributed by atoms with Crippen molar-refractivity contribution in [3.05, 3.63) is 11.9 Å². The number of rotatable bonds is 9. The Morgan fingerprint density at radius 1 is 1.31 bits per heavy atom. The van der Waals surface area contributed by atoms with Crippen LogP contribution < -0.4 is 0 Å². The molecule has 0 aromatic carbocycles. The van der Waals surface area contributed by atoms with E-state index in [0.29, 0.717) is 0 Å². The summed E-state index contributed by atoms with van der Waals surface area (Å²) in [5.74, 6) is 1.14. The molecule has 0 unspecified atom stereocenters. The molecular weight excluding hydrogens is 238 g/mol. The standard InChI is InChI=1S/C11H21N3S2/c1-3-4-5-6-8-14-11(10-12-13-14)7-9-16-15-2/h10H,3-9H2,1-2H3. The van der Waals surface area contributed by atoms with Gasteiger partial charge in [0.05, 0.1) is 11.9 Å². The van der Waals surface area contributed by atoms with Crippen LogP contribution >= 0.6 is 21.6 Å². The van der Waals surface area contributed by atoms with Crippen LogP contribution in [0.15, 0.2) is 6.20 Å². The molecular formula is C11H21N3S2. The molecule has 0 aliphatic rings. The van der Waals surface area contributed by atoms with E-state index in [1.54, 1.807) is 0 Å². The van der Waals surface area contributed by atoms with Crippen molar-refractivity contribution in [1.82, 2.24) is 15.0 Å². The molecule has 1 heterocycles. The fourth-order valence-corrected chi connectivity index (χ4v) is 2.79. The van der Waals surface area contributed by atoms with E-state index in [1.807, 2.05) is 27.8 Å². The Bertz CT molecular complexity index is 276. The second-order valence-corrected chi connectivity index (χ2v) is 6.43. The van der Waals surface area contributed by atoms with Gasteiger partial charge in [0.1, 0.15) is 0 Å². The van der Waals surface area contributed by atoms with Crippen molar-refractivity contribution in [2.45, 2.75) is 45.6 Å². The molecule has 5 heteroatoms. The van der Waals surface area contributed by atoms with Crippen molar-refractivity contribution in [2.24, 2.45) is 0 Å². The maximum absolute atomic E-state index is 4.14. The zero-order valence-electron chi connectivity index (χ0n) is 10.2. The first-order valence-corrected chi connectivity index (χ1v) is 8.64. The second-order valence-electron chi connectivity index (χ2n) is 3.75. The number of hydrogen-bond donors (Lipinski definition) is 0. The van der Waals surface area contributed by atoms with Gasteiger partial charge in [0.15, 0.2) is 0 Å².